The SMILES string of the molecule is CN(C)C(=O)/C(=C\C(=O)c1ccc(Br)cc1O)N(C)C. The number of phenols is 1. The summed E-state index contributed by atoms with van der Waals surface area (Å²) in [6.07, 6.45) is 1.23. The number of phenolic OH excluding ortho intramolecular Hbond substituents is 1. The van der Waals surface area contributed by atoms with Gasteiger partial charge in [-0.05, 0) is 18.2 Å². The summed E-state index contributed by atoms with van der Waals surface area (Å²) >= 11 is 3.21. The number of rotatable bonds is 4. The minimum absolute atomic E-state index is 0.129. The van der Waals surface area contributed by atoms with Crippen molar-refractivity contribution in [2.24, 2.45) is 0 Å². The lowest BCUT2D eigenvalue weighted by molar-refractivity contribution is -0.126. The normalized spacial score (nSPS) is 11.2. The molecule has 0 radical (unpaired) electrons. The van der Waals surface area contributed by atoms with Crippen molar-refractivity contribution in [1.29, 1.82) is 0 Å². The van der Waals surface area contributed by atoms with Crippen molar-refractivity contribution in [3.8, 4) is 5.75 Å². The highest BCUT2D eigenvalue weighted by Crippen LogP contribution is 2.23. The number of ketones is 1. The molecular weight excluding hydrogens is 324 g/mol. The molecule has 108 valence electrons. The van der Waals surface area contributed by atoms with Crippen LogP contribution in [0, 0.1) is 0 Å². The van der Waals surface area contributed by atoms with Crippen LogP contribution in [0.5, 0.6) is 5.75 Å². The van der Waals surface area contributed by atoms with Crippen LogP contribution >= 0.6 is 15.9 Å². The number of benzene rings is 1. The van der Waals surface area contributed by atoms with Crippen LogP contribution < -0.4 is 0 Å². The molecule has 0 spiro atoms. The average molecular weight is 341 g/mol. The molecule has 0 fully saturated rings. The largest absolute Gasteiger partial charge is 0.507 e. The smallest absolute Gasteiger partial charge is 0.269 e. The van der Waals surface area contributed by atoms with Crippen molar-refractivity contribution in [3.63, 3.8) is 0 Å². The van der Waals surface area contributed by atoms with E-state index in [0.29, 0.717) is 4.47 Å². The number of hydrogen-bond acceptors (Lipinski definition) is 4. The fourth-order valence-electron chi connectivity index (χ4n) is 1.53. The summed E-state index contributed by atoms with van der Waals surface area (Å²) in [5.41, 5.74) is 0.404. The van der Waals surface area contributed by atoms with Crippen molar-refractivity contribution in [3.05, 3.63) is 40.0 Å². The Labute approximate surface area is 126 Å². The van der Waals surface area contributed by atoms with Gasteiger partial charge in [0.1, 0.15) is 11.4 Å². The van der Waals surface area contributed by atoms with E-state index in [1.807, 2.05) is 0 Å². The highest BCUT2D eigenvalue weighted by atomic mass is 79.9. The molecule has 1 rings (SSSR count). The third kappa shape index (κ3) is 3.84. The maximum absolute atomic E-state index is 12.2. The number of likely N-dealkylation sites (N-methyl/N-ethyl adjacent to an activating group) is 2. The predicted molar refractivity (Wildman–Crippen MR) is 80.6 cm³/mol. The van der Waals surface area contributed by atoms with Gasteiger partial charge in [0.15, 0.2) is 5.78 Å². The van der Waals surface area contributed by atoms with Gasteiger partial charge in [0.05, 0.1) is 5.56 Å². The highest BCUT2D eigenvalue weighted by Gasteiger charge is 2.17. The van der Waals surface area contributed by atoms with E-state index in [0.717, 1.165) is 0 Å². The maximum Gasteiger partial charge on any atom is 0.269 e. The second-order valence-electron chi connectivity index (χ2n) is 4.65. The summed E-state index contributed by atoms with van der Waals surface area (Å²) in [5, 5.41) is 9.77. The first-order valence-corrected chi connectivity index (χ1v) is 6.67. The Morgan fingerprint density at radius 1 is 1.15 bits per heavy atom. The summed E-state index contributed by atoms with van der Waals surface area (Å²) in [6.45, 7) is 0. The van der Waals surface area contributed by atoms with Crippen LogP contribution in [0.15, 0.2) is 34.4 Å². The van der Waals surface area contributed by atoms with E-state index in [4.69, 9.17) is 0 Å². The zero-order chi connectivity index (χ0) is 15.4. The fraction of sp³-hybridized carbons (Fsp3) is 0.286. The van der Waals surface area contributed by atoms with Crippen molar-refractivity contribution < 1.29 is 14.7 Å². The highest BCUT2D eigenvalue weighted by molar-refractivity contribution is 9.10. The molecule has 0 aliphatic heterocycles. The van der Waals surface area contributed by atoms with Crippen LogP contribution in [0.3, 0.4) is 0 Å². The molecular formula is C14H17BrN2O3. The molecule has 1 aromatic carbocycles. The summed E-state index contributed by atoms with van der Waals surface area (Å²) < 4.78 is 0.674. The van der Waals surface area contributed by atoms with Gasteiger partial charge in [0.25, 0.3) is 5.91 Å². The number of allylic oxidation sites excluding steroid dienone is 1. The molecule has 0 atom stereocenters. The minimum atomic E-state index is -0.422. The second kappa shape index (κ2) is 6.56. The van der Waals surface area contributed by atoms with Crippen LogP contribution in [-0.4, -0.2) is 54.8 Å². The topological polar surface area (TPSA) is 60.9 Å². The molecule has 0 heterocycles. The quantitative estimate of drug-likeness (QED) is 0.671. The van der Waals surface area contributed by atoms with Gasteiger partial charge in [-0.1, -0.05) is 15.9 Å². The van der Waals surface area contributed by atoms with Gasteiger partial charge in [-0.25, -0.2) is 0 Å². The van der Waals surface area contributed by atoms with Crippen LogP contribution in [-0.2, 0) is 4.79 Å². The second-order valence-corrected chi connectivity index (χ2v) is 5.56. The van der Waals surface area contributed by atoms with Gasteiger partial charge in [-0.15, -0.1) is 0 Å². The first-order chi connectivity index (χ1) is 9.23. The van der Waals surface area contributed by atoms with Gasteiger partial charge < -0.3 is 14.9 Å². The Bertz CT molecular complexity index is 566. The molecule has 0 saturated carbocycles. The first kappa shape index (κ1) is 16.2. The zero-order valence-electron chi connectivity index (χ0n) is 11.8. The summed E-state index contributed by atoms with van der Waals surface area (Å²) in [6, 6.07) is 4.60. The summed E-state index contributed by atoms with van der Waals surface area (Å²) in [5.74, 6) is -0.829. The lowest BCUT2D eigenvalue weighted by atomic mass is 10.1. The van der Waals surface area contributed by atoms with E-state index in [1.54, 1.807) is 39.2 Å². The molecule has 20 heavy (non-hydrogen) atoms. The molecule has 6 heteroatoms. The van der Waals surface area contributed by atoms with Gasteiger partial charge in [0.2, 0.25) is 0 Å². The van der Waals surface area contributed by atoms with Crippen LogP contribution in [0.2, 0.25) is 0 Å². The Hall–Kier alpha value is -1.82. The van der Waals surface area contributed by atoms with E-state index in [-0.39, 0.29) is 22.9 Å². The van der Waals surface area contributed by atoms with Gasteiger partial charge in [-0.2, -0.15) is 0 Å². The van der Waals surface area contributed by atoms with Gasteiger partial charge >= 0.3 is 0 Å². The lowest BCUT2D eigenvalue weighted by Crippen LogP contribution is -2.31. The molecule has 0 aromatic heterocycles. The number of hydrogen-bond donors (Lipinski definition) is 1. The van der Waals surface area contributed by atoms with E-state index in [1.165, 1.54) is 23.1 Å². The number of carbonyl (C=O) groups excluding carboxylic acids is 2. The number of carbonyl (C=O) groups is 2. The van der Waals surface area contributed by atoms with E-state index >= 15 is 0 Å². The molecule has 0 aliphatic carbocycles. The minimum Gasteiger partial charge on any atom is -0.507 e. The van der Waals surface area contributed by atoms with Gasteiger partial charge in [0, 0.05) is 38.7 Å². The molecule has 0 saturated heterocycles. The molecule has 0 aliphatic rings. The summed E-state index contributed by atoms with van der Waals surface area (Å²) in [4.78, 5) is 27.1. The Morgan fingerprint density at radius 2 is 1.75 bits per heavy atom. The van der Waals surface area contributed by atoms with Crippen molar-refractivity contribution >= 4 is 27.6 Å². The average Bonchev–Trinajstić information content (AvgIpc) is 2.34. The maximum atomic E-state index is 12.2. The molecule has 1 N–H and O–H groups in total. The van der Waals surface area contributed by atoms with Crippen LogP contribution in [0.1, 0.15) is 10.4 Å². The van der Waals surface area contributed by atoms with E-state index < -0.39 is 5.78 Å². The molecule has 5 nitrogen and oxygen atoms in total. The predicted octanol–water partition coefficient (Wildman–Crippen LogP) is 1.87. The van der Waals surface area contributed by atoms with E-state index in [9.17, 15) is 14.7 Å². The van der Waals surface area contributed by atoms with Crippen molar-refractivity contribution in [2.75, 3.05) is 28.2 Å². The lowest BCUT2D eigenvalue weighted by Gasteiger charge is -2.19. The Balaban J connectivity index is 3.17. The number of aromatic hydroxyl groups is 1. The third-order valence-electron chi connectivity index (χ3n) is 2.60. The van der Waals surface area contributed by atoms with Crippen molar-refractivity contribution in [1.82, 2.24) is 9.80 Å². The van der Waals surface area contributed by atoms with Crippen LogP contribution in [0.4, 0.5) is 0 Å². The fourth-order valence-corrected chi connectivity index (χ4v) is 1.88. The first-order valence-electron chi connectivity index (χ1n) is 5.87. The summed E-state index contributed by atoms with van der Waals surface area (Å²) in [7, 11) is 6.59. The van der Waals surface area contributed by atoms with Crippen molar-refractivity contribution in [2.45, 2.75) is 0 Å². The Morgan fingerprint density at radius 3 is 2.20 bits per heavy atom. The standard InChI is InChI=1S/C14H17BrN2O3/c1-16(2)11(14(20)17(3)4)8-13(19)10-6-5-9(15)7-12(10)18/h5-8,18H,1-4H3/b11-8+. The monoisotopic (exact) mass is 340 g/mol. The number of nitrogens with zero attached hydrogens (tertiary/aromatic N) is 2. The van der Waals surface area contributed by atoms with E-state index in [2.05, 4.69) is 15.9 Å². The third-order valence-corrected chi connectivity index (χ3v) is 3.09. The zero-order valence-corrected chi connectivity index (χ0v) is 13.4. The number of amides is 1. The molecule has 0 bridgehead atoms. The molecule has 1 amide bonds. The molecule has 0 unspecified atom stereocenters. The van der Waals surface area contributed by atoms with Gasteiger partial charge in [-0.3, -0.25) is 9.59 Å². The van der Waals surface area contributed by atoms with Crippen LogP contribution in [0.25, 0.3) is 0 Å². The number of halogens is 1. The Kier molecular flexibility index (Phi) is 5.33. The molecule has 1 aromatic rings.